The molecule has 1 aromatic rings. The van der Waals surface area contributed by atoms with Gasteiger partial charge in [-0.15, -0.1) is 11.6 Å². The molecule has 6 heteroatoms. The number of pyridine rings is 1. The van der Waals surface area contributed by atoms with Gasteiger partial charge in [0.05, 0.1) is 11.1 Å². The first-order valence-corrected chi connectivity index (χ1v) is 5.59. The highest BCUT2D eigenvalue weighted by molar-refractivity contribution is 6.17. The lowest BCUT2D eigenvalue weighted by atomic mass is 10.2. The Balaban J connectivity index is 2.64. The van der Waals surface area contributed by atoms with Crippen molar-refractivity contribution in [1.29, 1.82) is 0 Å². The molecule has 0 aliphatic heterocycles. The summed E-state index contributed by atoms with van der Waals surface area (Å²) < 4.78 is 1.66. The molecule has 0 saturated carbocycles. The molecule has 0 unspecified atom stereocenters. The van der Waals surface area contributed by atoms with E-state index in [2.05, 4.69) is 0 Å². The molecule has 1 heterocycles. The van der Waals surface area contributed by atoms with E-state index in [4.69, 9.17) is 11.6 Å². The number of nitro groups is 1. The third-order valence-electron chi connectivity index (χ3n) is 2.20. The fourth-order valence-corrected chi connectivity index (χ4v) is 1.54. The highest BCUT2D eigenvalue weighted by Gasteiger charge is 2.10. The predicted molar refractivity (Wildman–Crippen MR) is 61.9 cm³/mol. The summed E-state index contributed by atoms with van der Waals surface area (Å²) in [5.74, 6) is 0.629. The van der Waals surface area contributed by atoms with Gasteiger partial charge in [-0.3, -0.25) is 14.9 Å². The van der Waals surface area contributed by atoms with Crippen LogP contribution >= 0.6 is 11.6 Å². The summed E-state index contributed by atoms with van der Waals surface area (Å²) in [7, 11) is 0. The van der Waals surface area contributed by atoms with Crippen molar-refractivity contribution in [2.75, 3.05) is 5.88 Å². The van der Waals surface area contributed by atoms with Crippen LogP contribution in [0.4, 0.5) is 5.69 Å². The first kappa shape index (κ1) is 12.7. The number of hydrogen-bond acceptors (Lipinski definition) is 3. The molecular weight excluding hydrogens is 232 g/mol. The molecule has 0 atom stereocenters. The number of aromatic nitrogens is 1. The normalized spacial score (nSPS) is 10.3. The Labute approximate surface area is 97.8 Å². The highest BCUT2D eigenvalue weighted by Crippen LogP contribution is 2.05. The van der Waals surface area contributed by atoms with Crippen molar-refractivity contribution < 1.29 is 4.92 Å². The van der Waals surface area contributed by atoms with E-state index in [9.17, 15) is 14.9 Å². The molecule has 1 rings (SSSR count). The van der Waals surface area contributed by atoms with Gasteiger partial charge in [-0.25, -0.2) is 0 Å². The molecular formula is C10H13ClN2O3. The molecule has 0 saturated heterocycles. The van der Waals surface area contributed by atoms with Crippen LogP contribution in [-0.2, 0) is 6.54 Å². The lowest BCUT2D eigenvalue weighted by Gasteiger charge is -2.04. The second-order valence-corrected chi connectivity index (χ2v) is 3.82. The zero-order valence-corrected chi connectivity index (χ0v) is 9.52. The molecule has 5 nitrogen and oxygen atoms in total. The summed E-state index contributed by atoms with van der Waals surface area (Å²) in [4.78, 5) is 21.0. The molecule has 0 aliphatic carbocycles. The van der Waals surface area contributed by atoms with Crippen molar-refractivity contribution in [3.63, 3.8) is 0 Å². The molecule has 0 N–H and O–H groups in total. The topological polar surface area (TPSA) is 65.1 Å². The van der Waals surface area contributed by atoms with Gasteiger partial charge in [-0.2, -0.15) is 0 Å². The number of unbranched alkanes of at least 4 members (excludes halogenated alkanes) is 2. The second kappa shape index (κ2) is 6.27. The maximum Gasteiger partial charge on any atom is 0.332 e. The smallest absolute Gasteiger partial charge is 0.332 e. The van der Waals surface area contributed by atoms with Gasteiger partial charge in [0.25, 0.3) is 5.43 Å². The van der Waals surface area contributed by atoms with Crippen LogP contribution in [-0.4, -0.2) is 15.4 Å². The summed E-state index contributed by atoms with van der Waals surface area (Å²) in [6.07, 6.45) is 5.65. The number of aryl methyl sites for hydroxylation is 1. The molecule has 0 bridgehead atoms. The van der Waals surface area contributed by atoms with Crippen molar-refractivity contribution in [2.45, 2.75) is 25.8 Å². The minimum Gasteiger partial charge on any atom is -0.348 e. The van der Waals surface area contributed by atoms with Gasteiger partial charge >= 0.3 is 5.69 Å². The van der Waals surface area contributed by atoms with Crippen LogP contribution in [0.2, 0.25) is 0 Å². The predicted octanol–water partition coefficient (Wildman–Crippen LogP) is 2.17. The van der Waals surface area contributed by atoms with E-state index in [1.165, 1.54) is 12.3 Å². The first-order chi connectivity index (χ1) is 7.65. The van der Waals surface area contributed by atoms with Gasteiger partial charge in [0.15, 0.2) is 0 Å². The summed E-state index contributed by atoms with van der Waals surface area (Å²) in [6, 6.07) is 1.22. The number of alkyl halides is 1. The van der Waals surface area contributed by atoms with Crippen LogP contribution in [0, 0.1) is 10.1 Å². The number of nitrogens with zero attached hydrogens (tertiary/aromatic N) is 2. The first-order valence-electron chi connectivity index (χ1n) is 5.05. The summed E-state index contributed by atoms with van der Waals surface area (Å²) in [6.45, 7) is 0.665. The van der Waals surface area contributed by atoms with Gasteiger partial charge < -0.3 is 4.57 Å². The van der Waals surface area contributed by atoms with Crippen LogP contribution in [0.25, 0.3) is 0 Å². The molecule has 0 amide bonds. The molecule has 0 radical (unpaired) electrons. The average Bonchev–Trinajstić information content (AvgIpc) is 2.26. The zero-order valence-electron chi connectivity index (χ0n) is 8.76. The molecule has 0 spiro atoms. The summed E-state index contributed by atoms with van der Waals surface area (Å²) in [5, 5.41) is 10.5. The maximum atomic E-state index is 11.1. The Morgan fingerprint density at radius 1 is 1.38 bits per heavy atom. The quantitative estimate of drug-likeness (QED) is 0.333. The van der Waals surface area contributed by atoms with Gasteiger partial charge in [0.1, 0.15) is 0 Å². The Morgan fingerprint density at radius 3 is 2.75 bits per heavy atom. The highest BCUT2D eigenvalue weighted by atomic mass is 35.5. The Hall–Kier alpha value is -1.36. The third-order valence-corrected chi connectivity index (χ3v) is 2.47. The van der Waals surface area contributed by atoms with E-state index in [1.54, 1.807) is 10.8 Å². The van der Waals surface area contributed by atoms with Crippen molar-refractivity contribution in [3.05, 3.63) is 38.8 Å². The van der Waals surface area contributed by atoms with Crippen LogP contribution in [0.15, 0.2) is 23.3 Å². The van der Waals surface area contributed by atoms with Crippen molar-refractivity contribution in [3.8, 4) is 0 Å². The fraction of sp³-hybridized carbons (Fsp3) is 0.500. The number of rotatable bonds is 6. The summed E-state index contributed by atoms with van der Waals surface area (Å²) >= 11 is 5.53. The van der Waals surface area contributed by atoms with Crippen molar-refractivity contribution in [1.82, 2.24) is 4.57 Å². The Morgan fingerprint density at radius 2 is 2.12 bits per heavy atom. The average molecular weight is 245 g/mol. The van der Waals surface area contributed by atoms with E-state index >= 15 is 0 Å². The van der Waals surface area contributed by atoms with Gasteiger partial charge in [-0.1, -0.05) is 6.42 Å². The van der Waals surface area contributed by atoms with Crippen LogP contribution in [0.5, 0.6) is 0 Å². The monoisotopic (exact) mass is 244 g/mol. The molecule has 16 heavy (non-hydrogen) atoms. The minimum atomic E-state index is -0.655. The maximum absolute atomic E-state index is 11.1. The zero-order chi connectivity index (χ0) is 12.0. The lowest BCUT2D eigenvalue weighted by molar-refractivity contribution is -0.386. The Bertz CT molecular complexity index is 417. The third kappa shape index (κ3) is 3.66. The number of hydrogen-bond donors (Lipinski definition) is 0. The van der Waals surface area contributed by atoms with Crippen molar-refractivity contribution in [2.24, 2.45) is 0 Å². The molecule has 88 valence electrons. The van der Waals surface area contributed by atoms with Gasteiger partial charge in [0, 0.05) is 24.7 Å². The largest absolute Gasteiger partial charge is 0.348 e. The summed E-state index contributed by atoms with van der Waals surface area (Å²) in [5.41, 5.74) is -0.929. The molecule has 0 aromatic carbocycles. The second-order valence-electron chi connectivity index (χ2n) is 3.44. The van der Waals surface area contributed by atoms with E-state index in [-0.39, 0.29) is 5.69 Å². The fourth-order valence-electron chi connectivity index (χ4n) is 1.35. The van der Waals surface area contributed by atoms with Crippen molar-refractivity contribution >= 4 is 17.3 Å². The minimum absolute atomic E-state index is 0.375. The number of halogens is 1. The van der Waals surface area contributed by atoms with E-state index in [0.717, 1.165) is 19.3 Å². The van der Waals surface area contributed by atoms with Gasteiger partial charge in [-0.05, 0) is 12.8 Å². The molecule has 1 aromatic heterocycles. The Kier molecular flexibility index (Phi) is 4.98. The van der Waals surface area contributed by atoms with E-state index in [0.29, 0.717) is 12.4 Å². The SMILES string of the molecule is O=c1ccn(CCCCCCl)cc1[N+](=O)[O-]. The van der Waals surface area contributed by atoms with E-state index in [1.807, 2.05) is 0 Å². The molecule has 0 aliphatic rings. The van der Waals surface area contributed by atoms with Gasteiger partial charge in [0.2, 0.25) is 0 Å². The van der Waals surface area contributed by atoms with Crippen LogP contribution in [0.3, 0.4) is 0 Å². The van der Waals surface area contributed by atoms with Crippen LogP contribution < -0.4 is 5.43 Å². The lowest BCUT2D eigenvalue weighted by Crippen LogP contribution is -2.11. The van der Waals surface area contributed by atoms with Crippen LogP contribution in [0.1, 0.15) is 19.3 Å². The molecule has 0 fully saturated rings. The standard InChI is InChI=1S/C10H13ClN2O3/c11-5-2-1-3-6-12-7-4-10(14)9(8-12)13(15)16/h4,7-8H,1-3,5-6H2. The van der Waals surface area contributed by atoms with E-state index < -0.39 is 10.4 Å².